The fraction of sp³-hybridized carbons (Fsp3) is 0.211. The van der Waals surface area contributed by atoms with Gasteiger partial charge in [-0.05, 0) is 55.2 Å². The molecule has 1 aliphatic rings. The number of halogens is 1. The van der Waals surface area contributed by atoms with Crippen LogP contribution < -0.4 is 10.6 Å². The standard InChI is InChI=1S/C19H15BrN4OS2/c1-9-21-14-6-7-15-17(16(14)26-9)27-19(23-15)24-18(25)22-13-5-2-10-8-11(20)3-4-12(10)13/h3-4,6-8,13H,2,5H2,1H3,(H2,22,23,24,25). The fourth-order valence-corrected chi connectivity index (χ4v) is 5.98. The number of fused-ring (bicyclic) bond motifs is 4. The summed E-state index contributed by atoms with van der Waals surface area (Å²) in [4.78, 5) is 21.6. The highest BCUT2D eigenvalue weighted by Crippen LogP contribution is 2.36. The second kappa shape index (κ2) is 6.54. The summed E-state index contributed by atoms with van der Waals surface area (Å²) in [5.74, 6) is 0. The van der Waals surface area contributed by atoms with Gasteiger partial charge >= 0.3 is 6.03 Å². The van der Waals surface area contributed by atoms with E-state index in [0.717, 1.165) is 42.8 Å². The molecule has 0 saturated carbocycles. The summed E-state index contributed by atoms with van der Waals surface area (Å²) in [5.41, 5.74) is 4.36. The van der Waals surface area contributed by atoms with Crippen molar-refractivity contribution in [3.63, 3.8) is 0 Å². The minimum atomic E-state index is -0.216. The Kier molecular flexibility index (Phi) is 4.14. The van der Waals surface area contributed by atoms with Crippen molar-refractivity contribution in [3.05, 3.63) is 50.9 Å². The van der Waals surface area contributed by atoms with Crippen LogP contribution in [-0.2, 0) is 6.42 Å². The van der Waals surface area contributed by atoms with Crippen molar-refractivity contribution in [3.8, 4) is 0 Å². The Labute approximate surface area is 172 Å². The zero-order valence-electron chi connectivity index (χ0n) is 14.4. The number of hydrogen-bond donors (Lipinski definition) is 2. The highest BCUT2D eigenvalue weighted by Gasteiger charge is 2.24. The smallest absolute Gasteiger partial charge is 0.321 e. The molecule has 2 heterocycles. The first-order valence-corrected chi connectivity index (χ1v) is 11.0. The largest absolute Gasteiger partial charge is 0.331 e. The number of hydrogen-bond acceptors (Lipinski definition) is 5. The van der Waals surface area contributed by atoms with Crippen molar-refractivity contribution in [2.24, 2.45) is 0 Å². The molecule has 8 heteroatoms. The zero-order chi connectivity index (χ0) is 18.5. The van der Waals surface area contributed by atoms with E-state index in [1.807, 2.05) is 25.1 Å². The summed E-state index contributed by atoms with van der Waals surface area (Å²) in [5, 5.41) is 7.62. The van der Waals surface area contributed by atoms with Crippen LogP contribution in [0.1, 0.15) is 28.6 Å². The summed E-state index contributed by atoms with van der Waals surface area (Å²) in [6.45, 7) is 2.00. The lowest BCUT2D eigenvalue weighted by Gasteiger charge is -2.14. The normalized spacial score (nSPS) is 16.0. The number of aromatic nitrogens is 2. The van der Waals surface area contributed by atoms with Crippen LogP contribution in [0.3, 0.4) is 0 Å². The molecule has 1 aliphatic carbocycles. The quantitative estimate of drug-likeness (QED) is 0.399. The molecular weight excluding hydrogens is 444 g/mol. The van der Waals surface area contributed by atoms with E-state index in [2.05, 4.69) is 48.7 Å². The minimum Gasteiger partial charge on any atom is -0.331 e. The van der Waals surface area contributed by atoms with Crippen molar-refractivity contribution in [1.82, 2.24) is 15.3 Å². The third-order valence-corrected chi connectivity index (χ3v) is 7.36. The Hall–Kier alpha value is -2.03. The Balaban J connectivity index is 1.36. The van der Waals surface area contributed by atoms with Gasteiger partial charge in [-0.25, -0.2) is 14.8 Å². The van der Waals surface area contributed by atoms with Gasteiger partial charge in [-0.2, -0.15) is 0 Å². The molecule has 2 aromatic heterocycles. The van der Waals surface area contributed by atoms with Gasteiger partial charge in [0.2, 0.25) is 0 Å². The van der Waals surface area contributed by atoms with E-state index in [9.17, 15) is 4.79 Å². The monoisotopic (exact) mass is 458 g/mol. The van der Waals surface area contributed by atoms with Gasteiger partial charge in [0.25, 0.3) is 0 Å². The molecule has 1 unspecified atom stereocenters. The van der Waals surface area contributed by atoms with Gasteiger partial charge in [-0.1, -0.05) is 33.3 Å². The molecule has 4 aromatic rings. The maximum absolute atomic E-state index is 12.5. The molecule has 2 N–H and O–H groups in total. The number of nitrogens with one attached hydrogen (secondary N) is 2. The predicted octanol–water partition coefficient (Wildman–Crippen LogP) is 5.79. The Morgan fingerprint density at radius 3 is 2.78 bits per heavy atom. The van der Waals surface area contributed by atoms with Crippen LogP contribution in [0.2, 0.25) is 0 Å². The number of thiazole rings is 2. The van der Waals surface area contributed by atoms with Crippen molar-refractivity contribution >= 4 is 70.2 Å². The molecule has 0 saturated heterocycles. The zero-order valence-corrected chi connectivity index (χ0v) is 17.6. The fourth-order valence-electron chi connectivity index (χ4n) is 3.57. The van der Waals surface area contributed by atoms with Crippen molar-refractivity contribution in [2.75, 3.05) is 5.32 Å². The number of nitrogens with zero attached hydrogens (tertiary/aromatic N) is 2. The van der Waals surface area contributed by atoms with Gasteiger partial charge in [-0.3, -0.25) is 5.32 Å². The second-order valence-corrected chi connectivity index (χ2v) is 9.66. The van der Waals surface area contributed by atoms with E-state index < -0.39 is 0 Å². The van der Waals surface area contributed by atoms with Crippen LogP contribution >= 0.6 is 38.6 Å². The highest BCUT2D eigenvalue weighted by atomic mass is 79.9. The lowest BCUT2D eigenvalue weighted by atomic mass is 10.1. The van der Waals surface area contributed by atoms with Crippen LogP contribution in [-0.4, -0.2) is 16.0 Å². The number of rotatable bonds is 2. The molecule has 2 amide bonds. The maximum Gasteiger partial charge on any atom is 0.321 e. The molecule has 0 aliphatic heterocycles. The number of urea groups is 1. The van der Waals surface area contributed by atoms with E-state index >= 15 is 0 Å². The molecular formula is C19H15BrN4OS2. The summed E-state index contributed by atoms with van der Waals surface area (Å²) in [6.07, 6.45) is 1.89. The number of benzene rings is 2. The van der Waals surface area contributed by atoms with Crippen LogP contribution in [0, 0.1) is 6.92 Å². The van der Waals surface area contributed by atoms with Gasteiger partial charge in [0.05, 0.1) is 31.5 Å². The summed E-state index contributed by atoms with van der Waals surface area (Å²) < 4.78 is 3.28. The van der Waals surface area contributed by atoms with Gasteiger partial charge in [0, 0.05) is 4.47 Å². The van der Waals surface area contributed by atoms with Gasteiger partial charge in [0.1, 0.15) is 0 Å². The second-order valence-electron chi connectivity index (χ2n) is 6.55. The summed E-state index contributed by atoms with van der Waals surface area (Å²) >= 11 is 6.66. The van der Waals surface area contributed by atoms with Crippen LogP contribution in [0.15, 0.2) is 34.8 Å². The summed E-state index contributed by atoms with van der Waals surface area (Å²) in [6, 6.07) is 10.00. The molecule has 0 spiro atoms. The average molecular weight is 459 g/mol. The van der Waals surface area contributed by atoms with E-state index in [4.69, 9.17) is 0 Å². The number of aryl methyl sites for hydroxylation is 2. The van der Waals surface area contributed by atoms with E-state index in [-0.39, 0.29) is 12.1 Å². The number of carbonyl (C=O) groups excluding carboxylic acids is 1. The number of amides is 2. The van der Waals surface area contributed by atoms with E-state index in [1.165, 1.54) is 22.5 Å². The van der Waals surface area contributed by atoms with Crippen LogP contribution in [0.5, 0.6) is 0 Å². The first-order chi connectivity index (χ1) is 13.1. The molecule has 0 bridgehead atoms. The van der Waals surface area contributed by atoms with E-state index in [1.54, 1.807) is 11.3 Å². The van der Waals surface area contributed by atoms with Crippen LogP contribution in [0.4, 0.5) is 9.93 Å². The van der Waals surface area contributed by atoms with E-state index in [0.29, 0.717) is 5.13 Å². The lowest BCUT2D eigenvalue weighted by Crippen LogP contribution is -2.31. The molecule has 136 valence electrons. The molecule has 5 rings (SSSR count). The number of anilines is 1. The molecule has 2 aromatic carbocycles. The van der Waals surface area contributed by atoms with Crippen molar-refractivity contribution in [2.45, 2.75) is 25.8 Å². The van der Waals surface area contributed by atoms with Crippen molar-refractivity contribution in [1.29, 1.82) is 0 Å². The lowest BCUT2D eigenvalue weighted by molar-refractivity contribution is 0.248. The highest BCUT2D eigenvalue weighted by molar-refractivity contribution is 9.10. The van der Waals surface area contributed by atoms with Gasteiger partial charge in [0.15, 0.2) is 5.13 Å². The molecule has 0 fully saturated rings. The Morgan fingerprint density at radius 1 is 1.15 bits per heavy atom. The van der Waals surface area contributed by atoms with Crippen molar-refractivity contribution < 1.29 is 4.79 Å². The van der Waals surface area contributed by atoms with Crippen LogP contribution in [0.25, 0.3) is 20.4 Å². The Bertz CT molecular complexity index is 1200. The van der Waals surface area contributed by atoms with Gasteiger partial charge < -0.3 is 5.32 Å². The third-order valence-electron chi connectivity index (χ3n) is 4.73. The first-order valence-electron chi connectivity index (χ1n) is 8.59. The maximum atomic E-state index is 12.5. The molecule has 1 atom stereocenters. The number of carbonyl (C=O) groups is 1. The Morgan fingerprint density at radius 2 is 1.93 bits per heavy atom. The first kappa shape index (κ1) is 17.1. The molecule has 27 heavy (non-hydrogen) atoms. The average Bonchev–Trinajstić information content (AvgIpc) is 3.30. The minimum absolute atomic E-state index is 0.0401. The summed E-state index contributed by atoms with van der Waals surface area (Å²) in [7, 11) is 0. The molecule has 5 nitrogen and oxygen atoms in total. The third kappa shape index (κ3) is 3.11. The topological polar surface area (TPSA) is 66.9 Å². The van der Waals surface area contributed by atoms with Gasteiger partial charge in [-0.15, -0.1) is 11.3 Å². The predicted molar refractivity (Wildman–Crippen MR) is 115 cm³/mol. The SMILES string of the molecule is Cc1nc2ccc3nc(NC(=O)NC4CCc5cc(Br)ccc54)sc3c2s1. The molecule has 0 radical (unpaired) electrons.